The summed E-state index contributed by atoms with van der Waals surface area (Å²) in [6, 6.07) is 10.3. The Morgan fingerprint density at radius 3 is 2.55 bits per heavy atom. The first kappa shape index (κ1) is 16.0. The fourth-order valence-electron chi connectivity index (χ4n) is 1.66. The number of nitrogens with one attached hydrogen (secondary N) is 1. The molecule has 1 heterocycles. The summed E-state index contributed by atoms with van der Waals surface area (Å²) >= 11 is 3.14. The largest absolute Gasteiger partial charge is 0.463 e. The van der Waals surface area contributed by atoms with Crippen LogP contribution < -0.4 is 5.32 Å². The average Bonchev–Trinajstić information content (AvgIpc) is 2.93. The second-order valence-electron chi connectivity index (χ2n) is 4.27. The number of benzene rings is 1. The number of rotatable bonds is 5. The first-order valence-corrected chi connectivity index (χ1v) is 7.39. The van der Waals surface area contributed by atoms with Gasteiger partial charge in [-0.25, -0.2) is 4.79 Å². The van der Waals surface area contributed by atoms with Crippen molar-refractivity contribution in [2.24, 2.45) is 0 Å². The van der Waals surface area contributed by atoms with Gasteiger partial charge in [-0.05, 0) is 58.8 Å². The van der Waals surface area contributed by atoms with Gasteiger partial charge >= 0.3 is 5.97 Å². The third-order valence-electron chi connectivity index (χ3n) is 2.66. The first-order valence-electron chi connectivity index (χ1n) is 6.60. The van der Waals surface area contributed by atoms with E-state index in [9.17, 15) is 9.59 Å². The number of furan rings is 1. The molecule has 5 nitrogen and oxygen atoms in total. The summed E-state index contributed by atoms with van der Waals surface area (Å²) < 4.78 is 10.5. The van der Waals surface area contributed by atoms with Crippen molar-refractivity contribution in [1.29, 1.82) is 0 Å². The molecule has 1 N–H and O–H groups in total. The Bertz CT molecular complexity index is 688. The minimum Gasteiger partial charge on any atom is -0.463 e. The number of hydrogen-bond donors (Lipinski definition) is 1. The Labute approximate surface area is 136 Å². The van der Waals surface area contributed by atoms with Crippen LogP contribution in [0.4, 0.5) is 5.69 Å². The van der Waals surface area contributed by atoms with E-state index in [1.165, 1.54) is 6.08 Å². The molecule has 1 aromatic carbocycles. The lowest BCUT2D eigenvalue weighted by Crippen LogP contribution is -2.10. The lowest BCUT2D eigenvalue weighted by molar-refractivity contribution is -0.137. The molecule has 0 atom stereocenters. The van der Waals surface area contributed by atoms with Crippen LogP contribution >= 0.6 is 15.9 Å². The van der Waals surface area contributed by atoms with Crippen LogP contribution in [0.1, 0.15) is 23.0 Å². The fraction of sp³-hybridized carbons (Fsp3) is 0.125. The zero-order chi connectivity index (χ0) is 15.9. The highest BCUT2D eigenvalue weighted by molar-refractivity contribution is 9.10. The van der Waals surface area contributed by atoms with E-state index in [0.29, 0.717) is 17.0 Å². The van der Waals surface area contributed by atoms with E-state index in [1.54, 1.807) is 49.4 Å². The molecule has 0 saturated carbocycles. The van der Waals surface area contributed by atoms with Gasteiger partial charge in [-0.2, -0.15) is 0 Å². The van der Waals surface area contributed by atoms with Crippen LogP contribution in [0, 0.1) is 0 Å². The number of anilines is 1. The summed E-state index contributed by atoms with van der Waals surface area (Å²) in [6.07, 6.45) is 3.00. The molecule has 0 fully saturated rings. The van der Waals surface area contributed by atoms with Gasteiger partial charge < -0.3 is 14.5 Å². The second kappa shape index (κ2) is 7.61. The van der Waals surface area contributed by atoms with Crippen molar-refractivity contribution in [3.05, 3.63) is 58.5 Å². The zero-order valence-corrected chi connectivity index (χ0v) is 13.4. The highest BCUT2D eigenvalue weighted by Crippen LogP contribution is 2.16. The monoisotopic (exact) mass is 363 g/mol. The Hall–Kier alpha value is -2.34. The van der Waals surface area contributed by atoms with Gasteiger partial charge in [0.2, 0.25) is 0 Å². The normalized spacial score (nSPS) is 10.6. The van der Waals surface area contributed by atoms with Crippen LogP contribution in [0.25, 0.3) is 6.08 Å². The van der Waals surface area contributed by atoms with Crippen LogP contribution in [-0.4, -0.2) is 18.5 Å². The Kier molecular flexibility index (Phi) is 5.55. The number of amides is 1. The van der Waals surface area contributed by atoms with Crippen LogP contribution in [0.5, 0.6) is 0 Å². The molecule has 0 saturated heterocycles. The van der Waals surface area contributed by atoms with Crippen molar-refractivity contribution in [2.75, 3.05) is 11.9 Å². The summed E-state index contributed by atoms with van der Waals surface area (Å²) in [5, 5.41) is 2.71. The van der Waals surface area contributed by atoms with Crippen LogP contribution in [0.3, 0.4) is 0 Å². The topological polar surface area (TPSA) is 68.5 Å². The van der Waals surface area contributed by atoms with E-state index in [2.05, 4.69) is 21.2 Å². The van der Waals surface area contributed by atoms with Gasteiger partial charge in [0, 0.05) is 11.8 Å². The highest BCUT2D eigenvalue weighted by atomic mass is 79.9. The predicted octanol–water partition coefficient (Wildman–Crippen LogP) is 3.87. The van der Waals surface area contributed by atoms with E-state index in [-0.39, 0.29) is 17.6 Å². The number of carbonyl (C=O) groups excluding carboxylic acids is 2. The lowest BCUT2D eigenvalue weighted by Gasteiger charge is -2.03. The predicted molar refractivity (Wildman–Crippen MR) is 86.5 cm³/mol. The van der Waals surface area contributed by atoms with Gasteiger partial charge in [-0.15, -0.1) is 0 Å². The molecular formula is C16H14BrNO4. The van der Waals surface area contributed by atoms with Crippen molar-refractivity contribution in [2.45, 2.75) is 6.92 Å². The molecule has 1 aromatic heterocycles. The summed E-state index contributed by atoms with van der Waals surface area (Å²) in [6.45, 7) is 2.10. The van der Waals surface area contributed by atoms with E-state index >= 15 is 0 Å². The Morgan fingerprint density at radius 1 is 1.23 bits per heavy atom. The molecule has 0 unspecified atom stereocenters. The summed E-state index contributed by atoms with van der Waals surface area (Å²) in [4.78, 5) is 23.1. The second-order valence-corrected chi connectivity index (χ2v) is 5.05. The quantitative estimate of drug-likeness (QED) is 0.646. The number of carbonyl (C=O) groups is 2. The number of esters is 1. The Morgan fingerprint density at radius 2 is 1.95 bits per heavy atom. The fourth-order valence-corrected chi connectivity index (χ4v) is 1.97. The third-order valence-corrected chi connectivity index (χ3v) is 3.09. The minimum atomic E-state index is -0.386. The highest BCUT2D eigenvalue weighted by Gasteiger charge is 2.10. The molecule has 0 radical (unpaired) electrons. The van der Waals surface area contributed by atoms with Gasteiger partial charge in [0.1, 0.15) is 0 Å². The average molecular weight is 364 g/mol. The van der Waals surface area contributed by atoms with Crippen LogP contribution in [-0.2, 0) is 9.53 Å². The van der Waals surface area contributed by atoms with Crippen molar-refractivity contribution in [1.82, 2.24) is 0 Å². The summed E-state index contributed by atoms with van der Waals surface area (Å²) in [5.74, 6) is -0.498. The van der Waals surface area contributed by atoms with E-state index < -0.39 is 0 Å². The van der Waals surface area contributed by atoms with Gasteiger partial charge in [0.25, 0.3) is 5.91 Å². The van der Waals surface area contributed by atoms with Crippen LogP contribution in [0.2, 0.25) is 0 Å². The molecule has 1 amide bonds. The maximum absolute atomic E-state index is 11.9. The molecule has 2 aromatic rings. The summed E-state index contributed by atoms with van der Waals surface area (Å²) in [5.41, 5.74) is 1.46. The van der Waals surface area contributed by atoms with Gasteiger partial charge in [-0.1, -0.05) is 12.1 Å². The van der Waals surface area contributed by atoms with Crippen LogP contribution in [0.15, 0.2) is 51.6 Å². The van der Waals surface area contributed by atoms with Gasteiger partial charge in [-0.3, -0.25) is 4.79 Å². The zero-order valence-electron chi connectivity index (χ0n) is 11.8. The molecule has 0 aliphatic heterocycles. The molecule has 114 valence electrons. The SMILES string of the molecule is CCOC(=O)C=Cc1ccc(NC(=O)c2ccc(Br)o2)cc1. The molecule has 0 aliphatic carbocycles. The molecule has 0 bridgehead atoms. The third kappa shape index (κ3) is 4.60. The van der Waals surface area contributed by atoms with Crippen molar-refractivity contribution >= 4 is 39.6 Å². The number of ether oxygens (including phenoxy) is 1. The van der Waals surface area contributed by atoms with Crippen molar-refractivity contribution in [3.63, 3.8) is 0 Å². The smallest absolute Gasteiger partial charge is 0.330 e. The molecule has 0 aliphatic rings. The van der Waals surface area contributed by atoms with Crippen molar-refractivity contribution < 1.29 is 18.7 Å². The molecule has 22 heavy (non-hydrogen) atoms. The summed E-state index contributed by atoms with van der Waals surface area (Å²) in [7, 11) is 0. The van der Waals surface area contributed by atoms with E-state index in [1.807, 2.05) is 0 Å². The number of halogens is 1. The number of hydrogen-bond acceptors (Lipinski definition) is 4. The van der Waals surface area contributed by atoms with E-state index in [0.717, 1.165) is 5.56 Å². The molecule has 6 heteroatoms. The molecule has 2 rings (SSSR count). The minimum absolute atomic E-state index is 0.221. The molecule has 0 spiro atoms. The van der Waals surface area contributed by atoms with Gasteiger partial charge in [0.15, 0.2) is 10.4 Å². The maximum Gasteiger partial charge on any atom is 0.330 e. The standard InChI is InChI=1S/C16H14BrNO4/c1-2-21-15(19)10-5-11-3-6-12(7-4-11)18-16(20)13-8-9-14(17)22-13/h3-10H,2H2,1H3,(H,18,20). The first-order chi connectivity index (χ1) is 10.6. The van der Waals surface area contributed by atoms with Crippen molar-refractivity contribution in [3.8, 4) is 0 Å². The maximum atomic E-state index is 11.9. The molecular weight excluding hydrogens is 350 g/mol. The Balaban J connectivity index is 1.97. The van der Waals surface area contributed by atoms with Gasteiger partial charge in [0.05, 0.1) is 6.61 Å². The lowest BCUT2D eigenvalue weighted by atomic mass is 10.2. The van der Waals surface area contributed by atoms with E-state index in [4.69, 9.17) is 9.15 Å².